The van der Waals surface area contributed by atoms with E-state index in [-0.39, 0.29) is 16.6 Å². The number of nitrogens with two attached hydrogens (primary N) is 1. The highest BCUT2D eigenvalue weighted by Gasteiger charge is 2.14. The smallest absolute Gasteiger partial charge is 0.238 e. The Morgan fingerprint density at radius 1 is 1.19 bits per heavy atom. The molecule has 0 bridgehead atoms. The van der Waals surface area contributed by atoms with Gasteiger partial charge in [0.2, 0.25) is 15.9 Å². The first kappa shape index (κ1) is 19.0. The molecule has 1 aliphatic heterocycles. The number of sulfonamides is 1. The number of nitrogens with zero attached hydrogens (tertiary/aromatic N) is 1. The highest BCUT2D eigenvalue weighted by molar-refractivity contribution is 8.38. The van der Waals surface area contributed by atoms with Gasteiger partial charge in [-0.3, -0.25) is 4.79 Å². The first-order chi connectivity index (χ1) is 12.4. The number of primary sulfonamides is 1. The molecule has 1 amide bonds. The third-order valence-electron chi connectivity index (χ3n) is 3.62. The number of thioether (sulfide) groups is 2. The molecule has 1 aliphatic rings. The van der Waals surface area contributed by atoms with E-state index in [0.29, 0.717) is 6.54 Å². The van der Waals surface area contributed by atoms with Gasteiger partial charge in [0.25, 0.3) is 0 Å². The minimum Gasteiger partial charge on any atom is -0.351 e. The molecule has 0 fully saturated rings. The predicted octanol–water partition coefficient (Wildman–Crippen LogP) is 2.62. The van der Waals surface area contributed by atoms with Gasteiger partial charge in [-0.05, 0) is 29.3 Å². The summed E-state index contributed by atoms with van der Waals surface area (Å²) in [5.74, 6) is 1.04. The lowest BCUT2D eigenvalue weighted by atomic mass is 10.2. The van der Waals surface area contributed by atoms with Crippen molar-refractivity contribution in [2.24, 2.45) is 10.1 Å². The number of aliphatic imine (C=N–C) groups is 1. The van der Waals surface area contributed by atoms with Crippen LogP contribution in [0.5, 0.6) is 0 Å². The topological polar surface area (TPSA) is 102 Å². The number of fused-ring (bicyclic) bond motifs is 1. The minimum absolute atomic E-state index is 0.0516. The molecule has 0 aliphatic carbocycles. The first-order valence-corrected chi connectivity index (χ1v) is 11.2. The second kappa shape index (κ2) is 8.26. The van der Waals surface area contributed by atoms with E-state index >= 15 is 0 Å². The zero-order chi connectivity index (χ0) is 18.6. The molecule has 0 spiro atoms. The fourth-order valence-electron chi connectivity index (χ4n) is 2.26. The van der Waals surface area contributed by atoms with Gasteiger partial charge < -0.3 is 5.32 Å². The van der Waals surface area contributed by atoms with Crippen molar-refractivity contribution in [3.8, 4) is 0 Å². The molecule has 3 rings (SSSR count). The maximum atomic E-state index is 12.0. The highest BCUT2D eigenvalue weighted by Crippen LogP contribution is 2.34. The molecule has 2 aromatic carbocycles. The van der Waals surface area contributed by atoms with Gasteiger partial charge in [-0.25, -0.2) is 18.5 Å². The summed E-state index contributed by atoms with van der Waals surface area (Å²) in [6.45, 7) is 0.326. The second-order valence-electron chi connectivity index (χ2n) is 5.55. The Kier molecular flexibility index (Phi) is 6.02. The van der Waals surface area contributed by atoms with Gasteiger partial charge in [-0.1, -0.05) is 53.9 Å². The molecule has 6 nitrogen and oxygen atoms in total. The SMILES string of the molecule is NS(=O)(=O)c1ccc(CNC(=O)CSC2=Nc3ccccc3CS2)cc1. The van der Waals surface area contributed by atoms with Crippen LogP contribution < -0.4 is 10.5 Å². The summed E-state index contributed by atoms with van der Waals surface area (Å²) in [5.41, 5.74) is 2.97. The normalized spacial score (nSPS) is 13.7. The molecule has 2 aromatic rings. The van der Waals surface area contributed by atoms with Crippen molar-refractivity contribution >= 4 is 49.5 Å². The van der Waals surface area contributed by atoms with Crippen LogP contribution in [0, 0.1) is 0 Å². The Morgan fingerprint density at radius 3 is 2.65 bits per heavy atom. The molecule has 0 atom stereocenters. The molecule has 1 heterocycles. The number of benzene rings is 2. The van der Waals surface area contributed by atoms with Crippen LogP contribution in [-0.4, -0.2) is 24.5 Å². The second-order valence-corrected chi connectivity index (χ2v) is 9.30. The van der Waals surface area contributed by atoms with E-state index in [0.717, 1.165) is 21.4 Å². The standard InChI is InChI=1S/C17H17N3O3S3/c18-26(22,23)14-7-5-12(6-8-14)9-19-16(21)11-25-17-20-15-4-2-1-3-13(15)10-24-17/h1-8H,9-11H2,(H,19,21)(H2,18,22,23). The third-order valence-corrected chi connectivity index (χ3v) is 6.80. The van der Waals surface area contributed by atoms with Crippen molar-refractivity contribution < 1.29 is 13.2 Å². The summed E-state index contributed by atoms with van der Waals surface area (Å²) in [6, 6.07) is 14.1. The van der Waals surface area contributed by atoms with Gasteiger partial charge in [-0.15, -0.1) is 0 Å². The number of nitrogens with one attached hydrogen (secondary N) is 1. The van der Waals surface area contributed by atoms with Crippen LogP contribution in [-0.2, 0) is 27.1 Å². The lowest BCUT2D eigenvalue weighted by Gasteiger charge is -2.14. The summed E-state index contributed by atoms with van der Waals surface area (Å²) >= 11 is 3.05. The van der Waals surface area contributed by atoms with E-state index in [9.17, 15) is 13.2 Å². The zero-order valence-electron chi connectivity index (χ0n) is 13.7. The van der Waals surface area contributed by atoms with Crippen LogP contribution in [0.1, 0.15) is 11.1 Å². The Hall–Kier alpha value is -1.81. The Labute approximate surface area is 160 Å². The summed E-state index contributed by atoms with van der Waals surface area (Å²) < 4.78 is 23.3. The van der Waals surface area contributed by atoms with Gasteiger partial charge in [0, 0.05) is 12.3 Å². The zero-order valence-corrected chi connectivity index (χ0v) is 16.2. The summed E-state index contributed by atoms with van der Waals surface area (Å²) in [6.07, 6.45) is 0. The molecule has 0 saturated heterocycles. The van der Waals surface area contributed by atoms with Crippen LogP contribution in [0.4, 0.5) is 5.69 Å². The van der Waals surface area contributed by atoms with Crippen molar-refractivity contribution in [1.82, 2.24) is 5.32 Å². The van der Waals surface area contributed by atoms with Crippen molar-refractivity contribution in [3.63, 3.8) is 0 Å². The highest BCUT2D eigenvalue weighted by atomic mass is 32.2. The van der Waals surface area contributed by atoms with Crippen LogP contribution in [0.2, 0.25) is 0 Å². The van der Waals surface area contributed by atoms with E-state index in [1.807, 2.05) is 18.2 Å². The number of para-hydroxylation sites is 1. The van der Waals surface area contributed by atoms with Crippen molar-refractivity contribution in [2.45, 2.75) is 17.2 Å². The fourth-order valence-corrected chi connectivity index (χ4v) is 4.67. The fraction of sp³-hybridized carbons (Fsp3) is 0.176. The van der Waals surface area contributed by atoms with Crippen LogP contribution in [0.15, 0.2) is 58.4 Å². The maximum Gasteiger partial charge on any atom is 0.238 e. The van der Waals surface area contributed by atoms with E-state index in [2.05, 4.69) is 16.4 Å². The van der Waals surface area contributed by atoms with Crippen LogP contribution >= 0.6 is 23.5 Å². The van der Waals surface area contributed by atoms with Gasteiger partial charge in [0.05, 0.1) is 16.3 Å². The average molecular weight is 408 g/mol. The Morgan fingerprint density at radius 2 is 1.92 bits per heavy atom. The average Bonchev–Trinajstić information content (AvgIpc) is 2.64. The van der Waals surface area contributed by atoms with Crippen molar-refractivity contribution in [3.05, 3.63) is 59.7 Å². The molecule has 0 saturated carbocycles. The van der Waals surface area contributed by atoms with Crippen LogP contribution in [0.3, 0.4) is 0 Å². The summed E-state index contributed by atoms with van der Waals surface area (Å²) in [4.78, 5) is 16.6. The molecular weight excluding hydrogens is 390 g/mol. The van der Waals surface area contributed by atoms with E-state index in [1.54, 1.807) is 23.9 Å². The van der Waals surface area contributed by atoms with Crippen LogP contribution in [0.25, 0.3) is 0 Å². The molecule has 26 heavy (non-hydrogen) atoms. The molecule has 0 unspecified atom stereocenters. The maximum absolute atomic E-state index is 12.0. The molecule has 0 aromatic heterocycles. The molecule has 136 valence electrons. The van der Waals surface area contributed by atoms with E-state index < -0.39 is 10.0 Å². The van der Waals surface area contributed by atoms with Gasteiger partial charge >= 0.3 is 0 Å². The van der Waals surface area contributed by atoms with E-state index in [1.165, 1.54) is 29.5 Å². The molecular formula is C17H17N3O3S3. The lowest BCUT2D eigenvalue weighted by molar-refractivity contribution is -0.118. The molecule has 3 N–H and O–H groups in total. The number of rotatable bonds is 5. The largest absolute Gasteiger partial charge is 0.351 e. The number of amides is 1. The minimum atomic E-state index is -3.70. The number of carbonyl (C=O) groups excluding carboxylic acids is 1. The van der Waals surface area contributed by atoms with Crippen molar-refractivity contribution in [1.29, 1.82) is 0 Å². The Balaban J connectivity index is 1.49. The van der Waals surface area contributed by atoms with Gasteiger partial charge in [0.15, 0.2) is 0 Å². The number of carbonyl (C=O) groups is 1. The monoisotopic (exact) mass is 407 g/mol. The summed E-state index contributed by atoms with van der Waals surface area (Å²) in [7, 11) is -3.70. The Bertz CT molecular complexity index is 941. The molecule has 9 heteroatoms. The number of hydrogen-bond donors (Lipinski definition) is 2. The quantitative estimate of drug-likeness (QED) is 0.793. The summed E-state index contributed by atoms with van der Waals surface area (Å²) in [5, 5.41) is 7.87. The first-order valence-electron chi connectivity index (χ1n) is 7.72. The van der Waals surface area contributed by atoms with Gasteiger partial charge in [0.1, 0.15) is 4.38 Å². The van der Waals surface area contributed by atoms with E-state index in [4.69, 9.17) is 5.14 Å². The predicted molar refractivity (Wildman–Crippen MR) is 107 cm³/mol. The lowest BCUT2D eigenvalue weighted by Crippen LogP contribution is -2.25. The molecule has 0 radical (unpaired) electrons. The van der Waals surface area contributed by atoms with Crippen molar-refractivity contribution in [2.75, 3.05) is 5.75 Å². The van der Waals surface area contributed by atoms with Gasteiger partial charge in [-0.2, -0.15) is 0 Å². The third kappa shape index (κ3) is 5.10. The number of hydrogen-bond acceptors (Lipinski definition) is 6.